The molecule has 3 N–H and O–H groups in total. The fourth-order valence-electron chi connectivity index (χ4n) is 2.76. The molecule has 1 aromatic rings. The van der Waals surface area contributed by atoms with Gasteiger partial charge in [0, 0.05) is 12.6 Å². The van der Waals surface area contributed by atoms with E-state index in [-0.39, 0.29) is 12.3 Å². The summed E-state index contributed by atoms with van der Waals surface area (Å²) in [6.45, 7) is 20.1. The van der Waals surface area contributed by atoms with Gasteiger partial charge in [0.2, 0.25) is 0 Å². The molecule has 5 heteroatoms. The van der Waals surface area contributed by atoms with Crippen LogP contribution < -0.4 is 5.32 Å². The predicted octanol–water partition coefficient (Wildman–Crippen LogP) is 5.70. The Balaban J connectivity index is 2.97. The number of halogens is 1. The maximum absolute atomic E-state index is 14.2. The summed E-state index contributed by atoms with van der Waals surface area (Å²) in [5.41, 5.74) is 3.11. The number of aliphatic hydroxyl groups excluding tert-OH is 1. The molecule has 0 saturated heterocycles. The number of hydrogen-bond donors (Lipinski definition) is 3. The number of aryl methyl sites for hydroxylation is 1. The van der Waals surface area contributed by atoms with Crippen LogP contribution in [0.4, 0.5) is 4.39 Å². The summed E-state index contributed by atoms with van der Waals surface area (Å²) >= 11 is 0. The van der Waals surface area contributed by atoms with Gasteiger partial charge in [-0.2, -0.15) is 0 Å². The molecule has 0 amide bonds. The molecule has 166 valence electrons. The maximum Gasteiger partial charge on any atom is 0.130 e. The second-order valence-corrected chi connectivity index (χ2v) is 8.09. The first-order chi connectivity index (χ1) is 14.4. The third kappa shape index (κ3) is 7.95. The van der Waals surface area contributed by atoms with Crippen molar-refractivity contribution in [3.05, 3.63) is 89.3 Å². The Morgan fingerprint density at radius 2 is 1.97 bits per heavy atom. The summed E-state index contributed by atoms with van der Waals surface area (Å²) in [7, 11) is 0. The molecule has 0 heterocycles. The van der Waals surface area contributed by atoms with Crippen molar-refractivity contribution < 1.29 is 9.50 Å². The number of aliphatic imine (C=N–C) groups is 1. The first kappa shape index (κ1) is 26.0. The second kappa shape index (κ2) is 11.4. The molecule has 0 bridgehead atoms. The molecule has 0 aliphatic rings. The minimum absolute atomic E-state index is 0.190. The number of alkyl halides is 1. The Morgan fingerprint density at radius 3 is 2.45 bits per heavy atom. The third-order valence-electron chi connectivity index (χ3n) is 4.74. The standard InChI is InChI=1S/C26H34FN3O/c1-9-20(11-10-17(2)3)24(31)16-30-25(29-8)15-23(28)21-12-13-22(18(4)14-21)19(5)26(6,7)27/h9-15,24,28,30-31H,1,5,8,16H2,2-4,6-7H3/b20-11+,25-15+,28-23?. The quantitative estimate of drug-likeness (QED) is 0.316. The number of nitrogens with zero attached hydrogens (tertiary/aromatic N) is 1. The van der Waals surface area contributed by atoms with Crippen LogP contribution in [0.2, 0.25) is 0 Å². The number of rotatable bonds is 11. The zero-order valence-electron chi connectivity index (χ0n) is 19.2. The van der Waals surface area contributed by atoms with Gasteiger partial charge in [-0.05, 0) is 75.2 Å². The van der Waals surface area contributed by atoms with Crippen molar-refractivity contribution in [3.63, 3.8) is 0 Å². The number of hydrogen-bond acceptors (Lipinski definition) is 4. The van der Waals surface area contributed by atoms with E-state index in [4.69, 9.17) is 5.41 Å². The molecule has 1 unspecified atom stereocenters. The highest BCUT2D eigenvalue weighted by Gasteiger charge is 2.22. The number of benzene rings is 1. The third-order valence-corrected chi connectivity index (χ3v) is 4.74. The zero-order valence-corrected chi connectivity index (χ0v) is 19.2. The van der Waals surface area contributed by atoms with Crippen molar-refractivity contribution in [2.24, 2.45) is 4.99 Å². The van der Waals surface area contributed by atoms with E-state index in [2.05, 4.69) is 30.2 Å². The minimum Gasteiger partial charge on any atom is -0.387 e. The van der Waals surface area contributed by atoms with Crippen molar-refractivity contribution in [2.45, 2.75) is 46.4 Å². The number of aliphatic hydroxyl groups is 1. The highest BCUT2D eigenvalue weighted by Crippen LogP contribution is 2.31. The summed E-state index contributed by atoms with van der Waals surface area (Å²) in [6.07, 6.45) is 6.08. The summed E-state index contributed by atoms with van der Waals surface area (Å²) in [6, 6.07) is 5.35. The van der Waals surface area contributed by atoms with Gasteiger partial charge in [0.1, 0.15) is 11.5 Å². The van der Waals surface area contributed by atoms with Gasteiger partial charge in [0.05, 0.1) is 11.8 Å². The van der Waals surface area contributed by atoms with E-state index in [0.29, 0.717) is 22.5 Å². The van der Waals surface area contributed by atoms with Crippen LogP contribution in [0.1, 0.15) is 44.4 Å². The first-order valence-corrected chi connectivity index (χ1v) is 10.1. The molecule has 0 saturated carbocycles. The van der Waals surface area contributed by atoms with Crippen molar-refractivity contribution in [3.8, 4) is 0 Å². The second-order valence-electron chi connectivity index (χ2n) is 8.09. The Labute approximate surface area is 185 Å². The largest absolute Gasteiger partial charge is 0.387 e. The van der Waals surface area contributed by atoms with Crippen molar-refractivity contribution in [1.29, 1.82) is 5.41 Å². The van der Waals surface area contributed by atoms with Crippen molar-refractivity contribution in [2.75, 3.05) is 6.54 Å². The molecule has 1 atom stereocenters. The fourth-order valence-corrected chi connectivity index (χ4v) is 2.76. The highest BCUT2D eigenvalue weighted by molar-refractivity contribution is 6.07. The van der Waals surface area contributed by atoms with E-state index in [0.717, 1.165) is 16.7 Å². The molecule has 0 fully saturated rings. The van der Waals surface area contributed by atoms with Crippen LogP contribution >= 0.6 is 0 Å². The summed E-state index contributed by atoms with van der Waals surface area (Å²) in [4.78, 5) is 3.91. The van der Waals surface area contributed by atoms with Gasteiger partial charge < -0.3 is 15.8 Å². The molecule has 1 rings (SSSR count). The molecular formula is C26H34FN3O. The van der Waals surface area contributed by atoms with Gasteiger partial charge >= 0.3 is 0 Å². The summed E-state index contributed by atoms with van der Waals surface area (Å²) in [5, 5.41) is 21.8. The van der Waals surface area contributed by atoms with Crippen LogP contribution in [0.15, 0.2) is 77.6 Å². The molecule has 0 aromatic heterocycles. The van der Waals surface area contributed by atoms with E-state index in [9.17, 15) is 9.50 Å². The lowest BCUT2D eigenvalue weighted by molar-refractivity contribution is 0.214. The topological polar surface area (TPSA) is 68.5 Å². The lowest BCUT2D eigenvalue weighted by atomic mass is 9.90. The maximum atomic E-state index is 14.2. The van der Waals surface area contributed by atoms with Crippen molar-refractivity contribution >= 4 is 18.0 Å². The SMILES string of the molecule is C=C/C(=C\C=C(C)C)C(O)CN/C(=C/C(=N)c1ccc(C(=C)C(C)(C)F)c(C)c1)N=C. The Kier molecular flexibility index (Phi) is 9.53. The minimum atomic E-state index is -1.52. The van der Waals surface area contributed by atoms with Gasteiger partial charge in [-0.3, -0.25) is 0 Å². The van der Waals surface area contributed by atoms with Crippen LogP contribution in [0.3, 0.4) is 0 Å². The van der Waals surface area contributed by atoms with Gasteiger partial charge in [0.15, 0.2) is 0 Å². The van der Waals surface area contributed by atoms with Gasteiger partial charge in [-0.25, -0.2) is 9.38 Å². The molecule has 0 radical (unpaired) electrons. The number of nitrogens with one attached hydrogen (secondary N) is 2. The average Bonchev–Trinajstić information content (AvgIpc) is 2.69. The average molecular weight is 424 g/mol. The van der Waals surface area contributed by atoms with Gasteiger partial charge in [-0.15, -0.1) is 0 Å². The van der Waals surface area contributed by atoms with Crippen LogP contribution in [-0.2, 0) is 0 Å². The molecule has 1 aromatic carbocycles. The van der Waals surface area contributed by atoms with E-state index >= 15 is 0 Å². The monoisotopic (exact) mass is 423 g/mol. The van der Waals surface area contributed by atoms with E-state index in [1.54, 1.807) is 18.2 Å². The summed E-state index contributed by atoms with van der Waals surface area (Å²) in [5.74, 6) is 0.366. The Morgan fingerprint density at radius 1 is 1.32 bits per heavy atom. The molecule has 0 aliphatic heterocycles. The first-order valence-electron chi connectivity index (χ1n) is 10.1. The number of allylic oxidation sites excluding steroid dienone is 5. The van der Waals surface area contributed by atoms with Gasteiger partial charge in [-0.1, -0.05) is 49.1 Å². The lowest BCUT2D eigenvalue weighted by Crippen LogP contribution is -2.27. The molecular weight excluding hydrogens is 389 g/mol. The predicted molar refractivity (Wildman–Crippen MR) is 132 cm³/mol. The fraction of sp³-hybridized carbons (Fsp3) is 0.308. The van der Waals surface area contributed by atoms with E-state index in [1.165, 1.54) is 19.9 Å². The Bertz CT molecular complexity index is 942. The van der Waals surface area contributed by atoms with Crippen LogP contribution in [0.25, 0.3) is 5.57 Å². The van der Waals surface area contributed by atoms with Crippen LogP contribution in [-0.4, -0.2) is 35.9 Å². The molecule has 0 spiro atoms. The van der Waals surface area contributed by atoms with Crippen LogP contribution in [0.5, 0.6) is 0 Å². The van der Waals surface area contributed by atoms with E-state index in [1.807, 2.05) is 39.0 Å². The molecule has 4 nitrogen and oxygen atoms in total. The normalized spacial score (nSPS) is 13.3. The smallest absolute Gasteiger partial charge is 0.130 e. The van der Waals surface area contributed by atoms with Crippen molar-refractivity contribution in [1.82, 2.24) is 5.32 Å². The Hall–Kier alpha value is -3.05. The molecule has 0 aliphatic carbocycles. The molecule has 31 heavy (non-hydrogen) atoms. The van der Waals surface area contributed by atoms with Gasteiger partial charge in [0.25, 0.3) is 0 Å². The van der Waals surface area contributed by atoms with Crippen LogP contribution in [0, 0.1) is 12.3 Å². The van der Waals surface area contributed by atoms with E-state index < -0.39 is 11.8 Å². The summed E-state index contributed by atoms with van der Waals surface area (Å²) < 4.78 is 14.2. The lowest BCUT2D eigenvalue weighted by Gasteiger charge is -2.20. The zero-order chi connectivity index (χ0) is 23.8. The highest BCUT2D eigenvalue weighted by atomic mass is 19.1.